The summed E-state index contributed by atoms with van der Waals surface area (Å²) in [6.45, 7) is 5.95. The molecule has 35 heavy (non-hydrogen) atoms. The Kier molecular flexibility index (Phi) is 7.49. The predicted octanol–water partition coefficient (Wildman–Crippen LogP) is 7.00. The zero-order chi connectivity index (χ0) is 25.1. The molecular formula is C29H34NO4P. The van der Waals surface area contributed by atoms with Crippen molar-refractivity contribution in [2.75, 3.05) is 0 Å². The zero-order valence-corrected chi connectivity index (χ0v) is 21.4. The van der Waals surface area contributed by atoms with E-state index in [0.29, 0.717) is 0 Å². The summed E-state index contributed by atoms with van der Waals surface area (Å²) < 4.78 is 20.7. The fourth-order valence-corrected chi connectivity index (χ4v) is 8.72. The number of rotatable bonds is 8. The molecule has 4 rings (SSSR count). The summed E-state index contributed by atoms with van der Waals surface area (Å²) in [5, 5.41) is 13.3. The van der Waals surface area contributed by atoms with Crippen LogP contribution in [0.4, 0.5) is 0 Å². The molecule has 1 aliphatic heterocycles. The molecule has 5 nitrogen and oxygen atoms in total. The molecule has 1 heterocycles. The van der Waals surface area contributed by atoms with Crippen molar-refractivity contribution in [3.8, 4) is 5.75 Å². The van der Waals surface area contributed by atoms with Crippen molar-refractivity contribution in [1.29, 1.82) is 0 Å². The van der Waals surface area contributed by atoms with Crippen molar-refractivity contribution in [3.63, 3.8) is 0 Å². The lowest BCUT2D eigenvalue weighted by Crippen LogP contribution is -2.37. The Morgan fingerprint density at radius 3 is 1.83 bits per heavy atom. The van der Waals surface area contributed by atoms with Crippen LogP contribution in [0.5, 0.6) is 5.75 Å². The van der Waals surface area contributed by atoms with Crippen LogP contribution in [0.3, 0.4) is 0 Å². The highest BCUT2D eigenvalue weighted by Crippen LogP contribution is 2.74. The first-order valence-electron chi connectivity index (χ1n) is 12.1. The van der Waals surface area contributed by atoms with Crippen LogP contribution in [0.25, 0.3) is 0 Å². The summed E-state index contributed by atoms with van der Waals surface area (Å²) in [7, 11) is -3.17. The van der Waals surface area contributed by atoms with Gasteiger partial charge in [-0.1, -0.05) is 72.8 Å². The third kappa shape index (κ3) is 6.04. The number of aliphatic carboxylic acids is 1. The SMILES string of the molecule is CC(C)(C)Oc1ccc(C[C@H](NP2(=O)[C@H](c3ccccc3)CC[C@H]2c2ccccc2)C(=O)O)cc1. The summed E-state index contributed by atoms with van der Waals surface area (Å²) in [6.07, 6.45) is 1.73. The van der Waals surface area contributed by atoms with E-state index >= 15 is 0 Å². The van der Waals surface area contributed by atoms with E-state index in [-0.39, 0.29) is 23.3 Å². The number of ether oxygens (including phenoxy) is 1. The fraction of sp³-hybridized carbons (Fsp3) is 0.345. The van der Waals surface area contributed by atoms with E-state index in [1.165, 1.54) is 0 Å². The number of benzene rings is 3. The average Bonchev–Trinajstić information content (AvgIpc) is 3.16. The van der Waals surface area contributed by atoms with Crippen molar-refractivity contribution >= 4 is 13.3 Å². The lowest BCUT2D eigenvalue weighted by Gasteiger charge is -2.30. The van der Waals surface area contributed by atoms with Gasteiger partial charge in [0.05, 0.1) is 11.3 Å². The van der Waals surface area contributed by atoms with E-state index in [4.69, 9.17) is 4.74 Å². The highest BCUT2D eigenvalue weighted by molar-refractivity contribution is 7.63. The van der Waals surface area contributed by atoms with Crippen molar-refractivity contribution in [3.05, 3.63) is 102 Å². The van der Waals surface area contributed by atoms with Gasteiger partial charge in [0.1, 0.15) is 17.4 Å². The van der Waals surface area contributed by atoms with Gasteiger partial charge in [-0.15, -0.1) is 0 Å². The molecule has 3 aromatic rings. The van der Waals surface area contributed by atoms with Crippen molar-refractivity contribution in [2.24, 2.45) is 0 Å². The van der Waals surface area contributed by atoms with Crippen LogP contribution in [0, 0.1) is 0 Å². The Morgan fingerprint density at radius 2 is 1.40 bits per heavy atom. The van der Waals surface area contributed by atoms with Gasteiger partial charge in [0.15, 0.2) is 7.29 Å². The normalized spacial score (nSPS) is 20.3. The Hall–Kier alpha value is -2.88. The Labute approximate surface area is 208 Å². The predicted molar refractivity (Wildman–Crippen MR) is 140 cm³/mol. The lowest BCUT2D eigenvalue weighted by molar-refractivity contribution is -0.138. The lowest BCUT2D eigenvalue weighted by atomic mass is 10.0. The monoisotopic (exact) mass is 491 g/mol. The van der Waals surface area contributed by atoms with E-state index in [9.17, 15) is 14.5 Å². The first kappa shape index (κ1) is 25.2. The second kappa shape index (κ2) is 10.4. The first-order valence-corrected chi connectivity index (χ1v) is 14.0. The van der Waals surface area contributed by atoms with Gasteiger partial charge in [-0.25, -0.2) is 0 Å². The van der Waals surface area contributed by atoms with E-state index in [1.807, 2.05) is 106 Å². The third-order valence-corrected chi connectivity index (χ3v) is 10.1. The number of hydrogen-bond donors (Lipinski definition) is 2. The number of carbonyl (C=O) groups is 1. The molecule has 0 unspecified atom stereocenters. The summed E-state index contributed by atoms with van der Waals surface area (Å²) in [6, 6.07) is 26.2. The number of hydrogen-bond acceptors (Lipinski definition) is 3. The van der Waals surface area contributed by atoms with Crippen LogP contribution >= 0.6 is 7.29 Å². The highest BCUT2D eigenvalue weighted by Gasteiger charge is 2.49. The summed E-state index contributed by atoms with van der Waals surface area (Å²) in [4.78, 5) is 12.4. The van der Waals surface area contributed by atoms with Crippen LogP contribution < -0.4 is 9.82 Å². The van der Waals surface area contributed by atoms with Crippen LogP contribution in [-0.2, 0) is 15.8 Å². The van der Waals surface area contributed by atoms with Crippen LogP contribution in [-0.4, -0.2) is 22.7 Å². The second-order valence-electron chi connectivity index (χ2n) is 10.2. The van der Waals surface area contributed by atoms with E-state index in [2.05, 4.69) is 5.09 Å². The van der Waals surface area contributed by atoms with Crippen molar-refractivity contribution < 1.29 is 19.2 Å². The molecule has 0 radical (unpaired) electrons. The van der Waals surface area contributed by atoms with Gasteiger partial charge in [0, 0.05) is 0 Å². The highest BCUT2D eigenvalue weighted by atomic mass is 31.2. The molecule has 6 heteroatoms. The molecular weight excluding hydrogens is 457 g/mol. The molecule has 3 atom stereocenters. The Bertz CT molecular complexity index is 1120. The van der Waals surface area contributed by atoms with Gasteiger partial charge >= 0.3 is 5.97 Å². The molecule has 0 spiro atoms. The number of nitrogens with one attached hydrogen (secondary N) is 1. The molecule has 1 aliphatic rings. The van der Waals surface area contributed by atoms with Gasteiger partial charge < -0.3 is 14.4 Å². The summed E-state index contributed by atoms with van der Waals surface area (Å²) in [5.74, 6) is -0.265. The summed E-state index contributed by atoms with van der Waals surface area (Å²) >= 11 is 0. The molecule has 0 saturated carbocycles. The standard InChI is InChI=1S/C29H34NO4P/c1-29(2,3)34-24-16-14-21(15-17-24)20-25(28(31)32)30-35(33)26(22-10-6-4-7-11-22)18-19-27(35)23-12-8-5-9-13-23/h4-17,25-27H,18-20H2,1-3H3,(H,30,33)(H,31,32)/t25-,26-,27-/m0/s1. The molecule has 0 aliphatic carbocycles. The number of carboxylic acid groups (broad SMARTS) is 1. The molecule has 0 amide bonds. The minimum Gasteiger partial charge on any atom is -0.488 e. The average molecular weight is 492 g/mol. The molecule has 2 N–H and O–H groups in total. The largest absolute Gasteiger partial charge is 0.488 e. The zero-order valence-electron chi connectivity index (χ0n) is 20.6. The maximum Gasteiger partial charge on any atom is 0.321 e. The first-order chi connectivity index (χ1) is 16.7. The molecule has 184 valence electrons. The van der Waals surface area contributed by atoms with E-state index in [1.54, 1.807) is 0 Å². The van der Waals surface area contributed by atoms with E-state index < -0.39 is 19.3 Å². The van der Waals surface area contributed by atoms with Gasteiger partial charge in [-0.3, -0.25) is 9.88 Å². The van der Waals surface area contributed by atoms with Gasteiger partial charge in [0.2, 0.25) is 0 Å². The van der Waals surface area contributed by atoms with Crippen molar-refractivity contribution in [2.45, 2.75) is 63.0 Å². The minimum atomic E-state index is -3.17. The maximum atomic E-state index is 14.8. The fourth-order valence-electron chi connectivity index (χ4n) is 4.94. The molecule has 1 saturated heterocycles. The van der Waals surface area contributed by atoms with Gasteiger partial charge in [0.25, 0.3) is 0 Å². The Balaban J connectivity index is 1.62. The molecule has 3 aromatic carbocycles. The van der Waals surface area contributed by atoms with Crippen LogP contribution in [0.1, 0.15) is 61.6 Å². The molecule has 0 bridgehead atoms. The minimum absolute atomic E-state index is 0.224. The van der Waals surface area contributed by atoms with Crippen LogP contribution in [0.2, 0.25) is 0 Å². The smallest absolute Gasteiger partial charge is 0.321 e. The maximum absolute atomic E-state index is 14.8. The molecule has 0 aromatic heterocycles. The second-order valence-corrected chi connectivity index (χ2v) is 13.1. The topological polar surface area (TPSA) is 75.6 Å². The number of carboxylic acids is 1. The van der Waals surface area contributed by atoms with E-state index in [0.717, 1.165) is 35.3 Å². The van der Waals surface area contributed by atoms with Gasteiger partial charge in [-0.05, 0) is 68.9 Å². The third-order valence-electron chi connectivity index (χ3n) is 6.45. The Morgan fingerprint density at radius 1 is 0.914 bits per heavy atom. The molecule has 1 fully saturated rings. The van der Waals surface area contributed by atoms with Gasteiger partial charge in [-0.2, -0.15) is 0 Å². The van der Waals surface area contributed by atoms with Crippen LogP contribution in [0.15, 0.2) is 84.9 Å². The summed E-state index contributed by atoms with van der Waals surface area (Å²) in [5.41, 5.74) is 2.08. The van der Waals surface area contributed by atoms with Crippen molar-refractivity contribution in [1.82, 2.24) is 5.09 Å². The quantitative estimate of drug-likeness (QED) is 0.332.